The Bertz CT molecular complexity index is 973. The number of hydrogen-bond acceptors (Lipinski definition) is 4. The molecule has 0 radical (unpaired) electrons. The number of anilines is 1. The minimum atomic E-state index is -0.613. The maximum Gasteiger partial charge on any atom is 0.267 e. The number of rotatable bonds is 7. The third kappa shape index (κ3) is 5.56. The molecule has 28 heavy (non-hydrogen) atoms. The Labute approximate surface area is 167 Å². The van der Waals surface area contributed by atoms with E-state index in [1.807, 2.05) is 12.1 Å². The van der Waals surface area contributed by atoms with E-state index in [9.17, 15) is 9.59 Å². The molecule has 0 saturated carbocycles. The van der Waals surface area contributed by atoms with Crippen molar-refractivity contribution in [1.82, 2.24) is 4.98 Å². The van der Waals surface area contributed by atoms with Gasteiger partial charge in [-0.1, -0.05) is 23.7 Å². The van der Waals surface area contributed by atoms with Crippen molar-refractivity contribution in [3.63, 3.8) is 0 Å². The van der Waals surface area contributed by atoms with Gasteiger partial charge in [-0.3, -0.25) is 14.6 Å². The quantitative estimate of drug-likeness (QED) is 0.626. The van der Waals surface area contributed by atoms with E-state index in [1.54, 1.807) is 42.5 Å². The van der Waals surface area contributed by atoms with Crippen LogP contribution in [0.1, 0.15) is 22.5 Å². The number of carbonyl (C=O) groups is 2. The van der Waals surface area contributed by atoms with Crippen LogP contribution in [0.4, 0.5) is 5.69 Å². The summed E-state index contributed by atoms with van der Waals surface area (Å²) >= 11 is 5.83. The van der Waals surface area contributed by atoms with Crippen LogP contribution in [0.15, 0.2) is 66.9 Å². The first-order valence-corrected chi connectivity index (χ1v) is 8.95. The van der Waals surface area contributed by atoms with Crippen LogP contribution in [-0.4, -0.2) is 16.8 Å². The lowest BCUT2D eigenvalue weighted by Crippen LogP contribution is -2.12. The Balaban J connectivity index is 1.52. The van der Waals surface area contributed by atoms with Crippen molar-refractivity contribution in [3.8, 4) is 11.5 Å². The lowest BCUT2D eigenvalue weighted by molar-refractivity contribution is -0.116. The first-order valence-electron chi connectivity index (χ1n) is 8.58. The van der Waals surface area contributed by atoms with Gasteiger partial charge in [-0.15, -0.1) is 0 Å². The number of benzene rings is 2. The first-order chi connectivity index (χ1) is 13.5. The number of nitrogens with two attached hydrogens (primary N) is 1. The molecule has 3 N–H and O–H groups in total. The summed E-state index contributed by atoms with van der Waals surface area (Å²) in [6.45, 7) is 0. The highest BCUT2D eigenvalue weighted by atomic mass is 35.5. The Kier molecular flexibility index (Phi) is 6.24. The second-order valence-electron chi connectivity index (χ2n) is 6.04. The second kappa shape index (κ2) is 9.01. The smallest absolute Gasteiger partial charge is 0.267 e. The molecule has 0 aliphatic rings. The monoisotopic (exact) mass is 395 g/mol. The van der Waals surface area contributed by atoms with Gasteiger partial charge < -0.3 is 15.8 Å². The molecule has 7 heteroatoms. The summed E-state index contributed by atoms with van der Waals surface area (Å²) in [5, 5.41) is 3.45. The molecule has 3 aromatic rings. The molecule has 0 bridgehead atoms. The minimum absolute atomic E-state index is 0.0709. The maximum atomic E-state index is 12.1. The predicted octanol–water partition coefficient (Wildman–Crippen LogP) is 4.20. The van der Waals surface area contributed by atoms with Gasteiger partial charge in [0.2, 0.25) is 5.91 Å². The molecule has 0 saturated heterocycles. The SMILES string of the molecule is NC(=O)c1cc(Oc2ccc(CCC(=O)Nc3ccc(Cl)cc3)cc2)ccn1. The molecule has 2 amide bonds. The number of carbonyl (C=O) groups excluding carboxylic acids is 2. The van der Waals surface area contributed by atoms with Crippen LogP contribution in [0.2, 0.25) is 5.02 Å². The summed E-state index contributed by atoms with van der Waals surface area (Å²) < 4.78 is 5.70. The van der Waals surface area contributed by atoms with Gasteiger partial charge in [0.15, 0.2) is 0 Å². The normalized spacial score (nSPS) is 10.3. The summed E-state index contributed by atoms with van der Waals surface area (Å²) in [5.74, 6) is 0.394. The van der Waals surface area contributed by atoms with Gasteiger partial charge >= 0.3 is 0 Å². The van der Waals surface area contributed by atoms with E-state index in [-0.39, 0.29) is 11.6 Å². The molecule has 142 valence electrons. The van der Waals surface area contributed by atoms with Crippen LogP contribution >= 0.6 is 11.6 Å². The number of pyridine rings is 1. The van der Waals surface area contributed by atoms with E-state index in [2.05, 4.69) is 10.3 Å². The van der Waals surface area contributed by atoms with E-state index < -0.39 is 5.91 Å². The standard InChI is InChI=1S/C21H18ClN3O3/c22-15-4-6-16(7-5-15)25-20(26)10-3-14-1-8-17(9-2-14)28-18-11-12-24-19(13-18)21(23)27/h1-2,4-9,11-13H,3,10H2,(H2,23,27)(H,25,26). The molecule has 1 heterocycles. The highest BCUT2D eigenvalue weighted by Crippen LogP contribution is 2.22. The van der Waals surface area contributed by atoms with Gasteiger partial charge in [0, 0.05) is 29.4 Å². The van der Waals surface area contributed by atoms with E-state index in [1.165, 1.54) is 12.3 Å². The van der Waals surface area contributed by atoms with E-state index in [0.29, 0.717) is 35.1 Å². The summed E-state index contributed by atoms with van der Waals surface area (Å²) in [4.78, 5) is 27.1. The Morgan fingerprint density at radius 1 is 1.00 bits per heavy atom. The van der Waals surface area contributed by atoms with E-state index in [0.717, 1.165) is 5.56 Å². The fraction of sp³-hybridized carbons (Fsp3) is 0.0952. The molecule has 0 atom stereocenters. The second-order valence-corrected chi connectivity index (χ2v) is 6.48. The number of ether oxygens (including phenoxy) is 1. The van der Waals surface area contributed by atoms with Gasteiger partial charge in [-0.05, 0) is 54.4 Å². The molecule has 0 aliphatic heterocycles. The summed E-state index contributed by atoms with van der Waals surface area (Å²) in [6.07, 6.45) is 2.42. The average molecular weight is 396 g/mol. The van der Waals surface area contributed by atoms with Gasteiger partial charge in [-0.25, -0.2) is 0 Å². The lowest BCUT2D eigenvalue weighted by atomic mass is 10.1. The van der Waals surface area contributed by atoms with Gasteiger partial charge in [0.25, 0.3) is 5.91 Å². The molecule has 0 fully saturated rings. The van der Waals surface area contributed by atoms with Gasteiger partial charge in [-0.2, -0.15) is 0 Å². The number of amides is 2. The lowest BCUT2D eigenvalue weighted by Gasteiger charge is -2.08. The molecular weight excluding hydrogens is 378 g/mol. The average Bonchev–Trinajstić information content (AvgIpc) is 2.69. The van der Waals surface area contributed by atoms with E-state index in [4.69, 9.17) is 22.1 Å². The number of aryl methyl sites for hydroxylation is 1. The summed E-state index contributed by atoms with van der Waals surface area (Å²) in [6, 6.07) is 17.5. The molecule has 0 spiro atoms. The third-order valence-electron chi connectivity index (χ3n) is 3.91. The number of nitrogens with one attached hydrogen (secondary N) is 1. The highest BCUT2D eigenvalue weighted by molar-refractivity contribution is 6.30. The minimum Gasteiger partial charge on any atom is -0.457 e. The van der Waals surface area contributed by atoms with Crippen molar-refractivity contribution in [2.45, 2.75) is 12.8 Å². The number of halogens is 1. The van der Waals surface area contributed by atoms with Crippen LogP contribution < -0.4 is 15.8 Å². The van der Waals surface area contributed by atoms with Crippen LogP contribution in [0.25, 0.3) is 0 Å². The number of hydrogen-bond donors (Lipinski definition) is 2. The third-order valence-corrected chi connectivity index (χ3v) is 4.16. The fourth-order valence-electron chi connectivity index (χ4n) is 2.48. The van der Waals surface area contributed by atoms with Crippen LogP contribution in [0.5, 0.6) is 11.5 Å². The molecule has 2 aromatic carbocycles. The zero-order chi connectivity index (χ0) is 19.9. The van der Waals surface area contributed by atoms with Crippen molar-refractivity contribution < 1.29 is 14.3 Å². The van der Waals surface area contributed by atoms with Crippen molar-refractivity contribution in [2.24, 2.45) is 5.73 Å². The molecule has 0 unspecified atom stereocenters. The van der Waals surface area contributed by atoms with Crippen LogP contribution in [-0.2, 0) is 11.2 Å². The van der Waals surface area contributed by atoms with Crippen molar-refractivity contribution >= 4 is 29.1 Å². The van der Waals surface area contributed by atoms with Crippen molar-refractivity contribution in [2.75, 3.05) is 5.32 Å². The highest BCUT2D eigenvalue weighted by Gasteiger charge is 2.06. The molecule has 6 nitrogen and oxygen atoms in total. The Hall–Kier alpha value is -3.38. The molecule has 1 aromatic heterocycles. The topological polar surface area (TPSA) is 94.3 Å². The zero-order valence-electron chi connectivity index (χ0n) is 14.9. The predicted molar refractivity (Wildman–Crippen MR) is 108 cm³/mol. The number of nitrogens with zero attached hydrogens (tertiary/aromatic N) is 1. The van der Waals surface area contributed by atoms with Crippen LogP contribution in [0, 0.1) is 0 Å². The first kappa shape index (κ1) is 19.4. The number of primary amides is 1. The van der Waals surface area contributed by atoms with Crippen molar-refractivity contribution in [1.29, 1.82) is 0 Å². The molecule has 3 rings (SSSR count). The van der Waals surface area contributed by atoms with Crippen molar-refractivity contribution in [3.05, 3.63) is 83.1 Å². The molecule has 0 aliphatic carbocycles. The fourth-order valence-corrected chi connectivity index (χ4v) is 2.61. The van der Waals surface area contributed by atoms with Gasteiger partial charge in [0.05, 0.1) is 0 Å². The van der Waals surface area contributed by atoms with E-state index >= 15 is 0 Å². The number of aromatic nitrogens is 1. The summed E-state index contributed by atoms with van der Waals surface area (Å²) in [7, 11) is 0. The zero-order valence-corrected chi connectivity index (χ0v) is 15.6. The summed E-state index contributed by atoms with van der Waals surface area (Å²) in [5.41, 5.74) is 7.07. The maximum absolute atomic E-state index is 12.1. The largest absolute Gasteiger partial charge is 0.457 e. The Morgan fingerprint density at radius 3 is 2.39 bits per heavy atom. The van der Waals surface area contributed by atoms with Crippen LogP contribution in [0.3, 0.4) is 0 Å². The Morgan fingerprint density at radius 2 is 1.71 bits per heavy atom. The molecular formula is C21H18ClN3O3. The van der Waals surface area contributed by atoms with Gasteiger partial charge in [0.1, 0.15) is 17.2 Å².